The Balaban J connectivity index is 1.49. The third-order valence-electron chi connectivity index (χ3n) is 5.10. The van der Waals surface area contributed by atoms with Crippen LogP contribution in [0.4, 0.5) is 11.5 Å². The van der Waals surface area contributed by atoms with Gasteiger partial charge in [-0.25, -0.2) is 0 Å². The molecular formula is C22H28ClN5O2S. The first-order valence-corrected chi connectivity index (χ1v) is 11.9. The molecule has 0 radical (unpaired) electrons. The van der Waals surface area contributed by atoms with Crippen LogP contribution < -0.4 is 15.5 Å². The number of carbonyl (C=O) groups excluding carboxylic acids is 2. The van der Waals surface area contributed by atoms with E-state index < -0.39 is 0 Å². The summed E-state index contributed by atoms with van der Waals surface area (Å²) in [6.07, 6.45) is 2.78. The van der Waals surface area contributed by atoms with Gasteiger partial charge in [0, 0.05) is 30.3 Å². The maximum atomic E-state index is 12.3. The van der Waals surface area contributed by atoms with Crippen molar-refractivity contribution in [2.75, 3.05) is 35.6 Å². The third kappa shape index (κ3) is 6.83. The number of rotatable bonds is 8. The number of carbonyl (C=O) groups is 2. The fraction of sp³-hybridized carbons (Fsp3) is 0.455. The van der Waals surface area contributed by atoms with E-state index in [1.54, 1.807) is 6.07 Å². The molecule has 2 amide bonds. The van der Waals surface area contributed by atoms with Crippen LogP contribution in [-0.2, 0) is 9.59 Å². The minimum atomic E-state index is -0.132. The topological polar surface area (TPSA) is 87.2 Å². The number of amides is 2. The monoisotopic (exact) mass is 461 g/mol. The van der Waals surface area contributed by atoms with Gasteiger partial charge < -0.3 is 15.5 Å². The van der Waals surface area contributed by atoms with Crippen molar-refractivity contribution in [3.63, 3.8) is 0 Å². The van der Waals surface area contributed by atoms with E-state index in [1.165, 1.54) is 11.8 Å². The number of thioether (sulfide) groups is 1. The molecule has 1 saturated heterocycles. The highest BCUT2D eigenvalue weighted by Crippen LogP contribution is 2.24. The number of aromatic nitrogens is 2. The van der Waals surface area contributed by atoms with Crippen LogP contribution in [0, 0.1) is 12.8 Å². The van der Waals surface area contributed by atoms with Gasteiger partial charge in [-0.15, -0.1) is 10.2 Å². The predicted molar refractivity (Wildman–Crippen MR) is 126 cm³/mol. The average Bonchev–Trinajstić information content (AvgIpc) is 2.79. The quantitative estimate of drug-likeness (QED) is 0.579. The Morgan fingerprint density at radius 1 is 1.26 bits per heavy atom. The molecule has 0 spiro atoms. The number of halogens is 1. The predicted octanol–water partition coefficient (Wildman–Crippen LogP) is 3.91. The molecule has 9 heteroatoms. The van der Waals surface area contributed by atoms with Crippen molar-refractivity contribution in [2.24, 2.45) is 5.92 Å². The van der Waals surface area contributed by atoms with Crippen molar-refractivity contribution in [1.29, 1.82) is 0 Å². The Labute approximate surface area is 192 Å². The molecule has 1 aliphatic heterocycles. The van der Waals surface area contributed by atoms with Gasteiger partial charge in [-0.3, -0.25) is 9.59 Å². The van der Waals surface area contributed by atoms with E-state index in [2.05, 4.69) is 25.7 Å². The number of hydrogen-bond acceptors (Lipinski definition) is 6. The molecule has 7 nitrogen and oxygen atoms in total. The minimum absolute atomic E-state index is 0.0184. The molecule has 1 aliphatic rings. The molecule has 1 aromatic heterocycles. The Morgan fingerprint density at radius 3 is 2.81 bits per heavy atom. The van der Waals surface area contributed by atoms with Gasteiger partial charge >= 0.3 is 0 Å². The van der Waals surface area contributed by atoms with Gasteiger partial charge in [-0.2, -0.15) is 0 Å². The van der Waals surface area contributed by atoms with Crippen molar-refractivity contribution in [3.8, 4) is 0 Å². The third-order valence-corrected chi connectivity index (χ3v) is 6.43. The molecule has 3 rings (SSSR count). The fourth-order valence-corrected chi connectivity index (χ4v) is 4.15. The SMILES string of the molecule is CCCNC(=O)C1CCCN(c2ccc(SCC(=O)Nc3ccc(C)c(Cl)c3)nn2)C1. The lowest BCUT2D eigenvalue weighted by atomic mass is 9.97. The molecule has 166 valence electrons. The summed E-state index contributed by atoms with van der Waals surface area (Å²) in [7, 11) is 0. The highest BCUT2D eigenvalue weighted by atomic mass is 35.5. The second-order valence-electron chi connectivity index (χ2n) is 7.61. The summed E-state index contributed by atoms with van der Waals surface area (Å²) >= 11 is 7.42. The van der Waals surface area contributed by atoms with E-state index in [-0.39, 0.29) is 23.5 Å². The summed E-state index contributed by atoms with van der Waals surface area (Å²) < 4.78 is 0. The number of hydrogen-bond donors (Lipinski definition) is 2. The summed E-state index contributed by atoms with van der Waals surface area (Å²) in [5.41, 5.74) is 1.64. The smallest absolute Gasteiger partial charge is 0.234 e. The summed E-state index contributed by atoms with van der Waals surface area (Å²) in [5.74, 6) is 0.953. The Morgan fingerprint density at radius 2 is 2.10 bits per heavy atom. The molecule has 0 aliphatic carbocycles. The minimum Gasteiger partial charge on any atom is -0.356 e. The largest absolute Gasteiger partial charge is 0.356 e. The number of nitrogens with one attached hydrogen (secondary N) is 2. The van der Waals surface area contributed by atoms with Gasteiger partial charge in [0.25, 0.3) is 0 Å². The molecule has 31 heavy (non-hydrogen) atoms. The second-order valence-corrected chi connectivity index (χ2v) is 9.01. The first-order valence-electron chi connectivity index (χ1n) is 10.5. The zero-order valence-electron chi connectivity index (χ0n) is 17.9. The molecular weight excluding hydrogens is 434 g/mol. The molecule has 0 bridgehead atoms. The first kappa shape index (κ1) is 23.3. The Kier molecular flexibility index (Phi) is 8.54. The van der Waals surface area contributed by atoms with Gasteiger partial charge in [-0.05, 0) is 56.0 Å². The van der Waals surface area contributed by atoms with Gasteiger partial charge in [0.05, 0.1) is 11.7 Å². The van der Waals surface area contributed by atoms with Gasteiger partial charge in [0.1, 0.15) is 5.03 Å². The van der Waals surface area contributed by atoms with Crippen molar-refractivity contribution < 1.29 is 9.59 Å². The van der Waals surface area contributed by atoms with Crippen LogP contribution in [-0.4, -0.2) is 47.4 Å². The van der Waals surface area contributed by atoms with Crippen LogP contribution in [0.5, 0.6) is 0 Å². The van der Waals surface area contributed by atoms with Gasteiger partial charge in [-0.1, -0.05) is 36.4 Å². The van der Waals surface area contributed by atoms with Crippen LogP contribution in [0.1, 0.15) is 31.7 Å². The maximum absolute atomic E-state index is 12.3. The van der Waals surface area contributed by atoms with Gasteiger partial charge in [0.15, 0.2) is 5.82 Å². The molecule has 0 saturated carbocycles. The van der Waals surface area contributed by atoms with E-state index in [9.17, 15) is 9.59 Å². The summed E-state index contributed by atoms with van der Waals surface area (Å²) in [6.45, 7) is 6.19. The summed E-state index contributed by atoms with van der Waals surface area (Å²) in [5, 5.41) is 15.7. The van der Waals surface area contributed by atoms with E-state index in [0.29, 0.717) is 28.8 Å². The molecule has 1 fully saturated rings. The molecule has 2 aromatic rings. The first-order chi connectivity index (χ1) is 15.0. The molecule has 1 unspecified atom stereocenters. The number of aryl methyl sites for hydroxylation is 1. The normalized spacial score (nSPS) is 16.1. The highest BCUT2D eigenvalue weighted by molar-refractivity contribution is 7.99. The van der Waals surface area contributed by atoms with Crippen molar-refractivity contribution in [3.05, 3.63) is 40.9 Å². The van der Waals surface area contributed by atoms with Crippen LogP contribution in [0.3, 0.4) is 0 Å². The van der Waals surface area contributed by atoms with Crippen molar-refractivity contribution >= 4 is 46.7 Å². The lowest BCUT2D eigenvalue weighted by Crippen LogP contribution is -2.43. The molecule has 2 heterocycles. The van der Waals surface area contributed by atoms with Crippen molar-refractivity contribution in [2.45, 2.75) is 38.1 Å². The number of nitrogens with zero attached hydrogens (tertiary/aromatic N) is 3. The standard InChI is InChI=1S/C22H28ClN5O2S/c1-3-10-24-22(30)16-5-4-11-28(13-16)19-8-9-21(27-26-19)31-14-20(29)25-17-7-6-15(2)18(23)12-17/h6-9,12,16H,3-5,10-11,13-14H2,1-2H3,(H,24,30)(H,25,29). The van der Waals surface area contributed by atoms with Crippen molar-refractivity contribution in [1.82, 2.24) is 15.5 Å². The Hall–Kier alpha value is -2.32. The van der Waals surface area contributed by atoms with Crippen LogP contribution >= 0.6 is 23.4 Å². The lowest BCUT2D eigenvalue weighted by molar-refractivity contribution is -0.125. The van der Waals surface area contributed by atoms with E-state index >= 15 is 0 Å². The number of piperidine rings is 1. The maximum Gasteiger partial charge on any atom is 0.234 e. The van der Waals surface area contributed by atoms with E-state index in [0.717, 1.165) is 37.2 Å². The molecule has 1 atom stereocenters. The van der Waals surface area contributed by atoms with Crippen LogP contribution in [0.25, 0.3) is 0 Å². The number of anilines is 2. The van der Waals surface area contributed by atoms with Crippen LogP contribution in [0.2, 0.25) is 5.02 Å². The highest BCUT2D eigenvalue weighted by Gasteiger charge is 2.26. The second kappa shape index (κ2) is 11.3. The van der Waals surface area contributed by atoms with E-state index in [4.69, 9.17) is 11.6 Å². The fourth-order valence-electron chi connectivity index (χ4n) is 3.36. The average molecular weight is 462 g/mol. The Bertz CT molecular complexity index is 909. The molecule has 1 aromatic carbocycles. The summed E-state index contributed by atoms with van der Waals surface area (Å²) in [6, 6.07) is 9.20. The van der Waals surface area contributed by atoms with Gasteiger partial charge in [0.2, 0.25) is 11.8 Å². The summed E-state index contributed by atoms with van der Waals surface area (Å²) in [4.78, 5) is 26.6. The molecule has 2 N–H and O–H groups in total. The number of benzene rings is 1. The zero-order valence-corrected chi connectivity index (χ0v) is 19.4. The van der Waals surface area contributed by atoms with Crippen LogP contribution in [0.15, 0.2) is 35.4 Å². The van der Waals surface area contributed by atoms with E-state index in [1.807, 2.05) is 38.1 Å². The lowest BCUT2D eigenvalue weighted by Gasteiger charge is -2.32. The zero-order chi connectivity index (χ0) is 22.2.